The number of aryl methyl sites for hydroxylation is 2. The maximum Gasteiger partial charge on any atom is 0.223 e. The van der Waals surface area contributed by atoms with Crippen LogP contribution in [-0.4, -0.2) is 30.2 Å². The van der Waals surface area contributed by atoms with Crippen LogP contribution < -0.4 is 10.6 Å². The van der Waals surface area contributed by atoms with Crippen LogP contribution in [0, 0.1) is 19.8 Å². The minimum atomic E-state index is 0.142. The minimum Gasteiger partial charge on any atom is -0.361 e. The smallest absolute Gasteiger partial charge is 0.223 e. The molecule has 1 aliphatic rings. The molecule has 2 heterocycles. The van der Waals surface area contributed by atoms with Gasteiger partial charge >= 0.3 is 0 Å². The average molecular weight is 279 g/mol. The van der Waals surface area contributed by atoms with E-state index in [0.717, 1.165) is 36.4 Å². The Morgan fingerprint density at radius 3 is 2.90 bits per heavy atom. The first-order valence-electron chi connectivity index (χ1n) is 7.43. The second kappa shape index (κ2) is 6.39. The van der Waals surface area contributed by atoms with E-state index in [-0.39, 0.29) is 17.7 Å². The third-order valence-electron chi connectivity index (χ3n) is 4.16. The van der Waals surface area contributed by atoms with Crippen molar-refractivity contribution >= 4 is 5.91 Å². The van der Waals surface area contributed by atoms with Crippen molar-refractivity contribution in [1.29, 1.82) is 0 Å². The molecule has 1 fully saturated rings. The molecule has 1 aliphatic heterocycles. The zero-order valence-corrected chi connectivity index (χ0v) is 12.8. The summed E-state index contributed by atoms with van der Waals surface area (Å²) in [5, 5.41) is 10.4. The van der Waals surface area contributed by atoms with E-state index in [1.807, 2.05) is 13.8 Å². The molecule has 2 rings (SSSR count). The summed E-state index contributed by atoms with van der Waals surface area (Å²) in [5.41, 5.74) is 2.03. The summed E-state index contributed by atoms with van der Waals surface area (Å²) < 4.78 is 5.18. The number of nitrogens with zero attached hydrogens (tertiary/aromatic N) is 1. The van der Waals surface area contributed by atoms with Crippen molar-refractivity contribution < 1.29 is 9.32 Å². The molecule has 0 aromatic carbocycles. The molecule has 0 aliphatic carbocycles. The maximum atomic E-state index is 12.2. The molecule has 0 radical (unpaired) electrons. The highest BCUT2D eigenvalue weighted by Crippen LogP contribution is 2.23. The molecule has 1 aromatic rings. The average Bonchev–Trinajstić information content (AvgIpc) is 2.75. The Kier molecular flexibility index (Phi) is 4.81. The van der Waals surface area contributed by atoms with Crippen LogP contribution in [0.4, 0.5) is 0 Å². The molecule has 2 N–H and O–H groups in total. The molecule has 3 atom stereocenters. The Morgan fingerprint density at radius 1 is 1.55 bits per heavy atom. The third-order valence-corrected chi connectivity index (χ3v) is 4.16. The molecule has 0 spiro atoms. The number of piperidine rings is 1. The number of carbonyl (C=O) groups excluding carboxylic acids is 1. The lowest BCUT2D eigenvalue weighted by Gasteiger charge is -2.27. The van der Waals surface area contributed by atoms with Gasteiger partial charge in [0, 0.05) is 30.0 Å². The normalized spacial score (nSPS) is 24.4. The monoisotopic (exact) mass is 279 g/mol. The second-order valence-electron chi connectivity index (χ2n) is 5.96. The van der Waals surface area contributed by atoms with E-state index in [4.69, 9.17) is 4.52 Å². The zero-order chi connectivity index (χ0) is 14.7. The first kappa shape index (κ1) is 15.0. The van der Waals surface area contributed by atoms with Gasteiger partial charge in [0.2, 0.25) is 5.91 Å². The highest BCUT2D eigenvalue weighted by Gasteiger charge is 2.25. The lowest BCUT2D eigenvalue weighted by molar-refractivity contribution is -0.126. The van der Waals surface area contributed by atoms with Crippen LogP contribution in [0.1, 0.15) is 49.6 Å². The Bertz CT molecular complexity index is 450. The molecule has 1 saturated heterocycles. The van der Waals surface area contributed by atoms with Gasteiger partial charge < -0.3 is 15.2 Å². The highest BCUT2D eigenvalue weighted by molar-refractivity contribution is 5.78. The SMILES string of the molecule is Cc1noc(C)c1C(C)CNC(=O)[C@H]1CCN[C@@H](C)C1. The first-order valence-corrected chi connectivity index (χ1v) is 7.43. The summed E-state index contributed by atoms with van der Waals surface area (Å²) in [7, 11) is 0. The summed E-state index contributed by atoms with van der Waals surface area (Å²) in [6.45, 7) is 9.66. The number of hydrogen-bond acceptors (Lipinski definition) is 4. The van der Waals surface area contributed by atoms with E-state index in [1.165, 1.54) is 0 Å². The summed E-state index contributed by atoms with van der Waals surface area (Å²) in [6, 6.07) is 0.430. The Morgan fingerprint density at radius 2 is 2.30 bits per heavy atom. The van der Waals surface area contributed by atoms with Crippen LogP contribution in [0.5, 0.6) is 0 Å². The summed E-state index contributed by atoms with van der Waals surface area (Å²) >= 11 is 0. The van der Waals surface area contributed by atoms with Gasteiger partial charge in [0.15, 0.2) is 0 Å². The quantitative estimate of drug-likeness (QED) is 0.883. The maximum absolute atomic E-state index is 12.2. The fourth-order valence-electron chi connectivity index (χ4n) is 3.06. The third kappa shape index (κ3) is 3.39. The summed E-state index contributed by atoms with van der Waals surface area (Å²) in [4.78, 5) is 12.2. The van der Waals surface area contributed by atoms with Crippen molar-refractivity contribution in [3.8, 4) is 0 Å². The lowest BCUT2D eigenvalue weighted by atomic mass is 9.92. The number of amides is 1. The minimum absolute atomic E-state index is 0.142. The van der Waals surface area contributed by atoms with Gasteiger partial charge in [-0.1, -0.05) is 12.1 Å². The van der Waals surface area contributed by atoms with Crippen LogP contribution in [-0.2, 0) is 4.79 Å². The number of carbonyl (C=O) groups is 1. The van der Waals surface area contributed by atoms with Crippen molar-refractivity contribution in [2.45, 2.75) is 52.5 Å². The predicted octanol–water partition coefficient (Wildman–Crippen LogP) is 1.90. The van der Waals surface area contributed by atoms with E-state index >= 15 is 0 Å². The standard InChI is InChI=1S/C15H25N3O2/c1-9(14-11(3)18-20-12(14)4)8-17-15(19)13-5-6-16-10(2)7-13/h9-10,13,16H,5-8H2,1-4H3,(H,17,19)/t9?,10-,13-/m0/s1. The fraction of sp³-hybridized carbons (Fsp3) is 0.733. The fourth-order valence-corrected chi connectivity index (χ4v) is 3.06. The number of aromatic nitrogens is 1. The molecule has 20 heavy (non-hydrogen) atoms. The van der Waals surface area contributed by atoms with Crippen LogP contribution in [0.2, 0.25) is 0 Å². The van der Waals surface area contributed by atoms with Crippen molar-refractivity contribution in [2.24, 2.45) is 5.92 Å². The summed E-state index contributed by atoms with van der Waals surface area (Å²) in [6.07, 6.45) is 1.85. The van der Waals surface area contributed by atoms with Crippen LogP contribution in [0.3, 0.4) is 0 Å². The number of nitrogens with one attached hydrogen (secondary N) is 2. The van der Waals surface area contributed by atoms with E-state index in [0.29, 0.717) is 12.6 Å². The van der Waals surface area contributed by atoms with Crippen LogP contribution in [0.15, 0.2) is 4.52 Å². The molecule has 112 valence electrons. The largest absolute Gasteiger partial charge is 0.361 e. The Labute approximate surface area is 120 Å². The molecular weight excluding hydrogens is 254 g/mol. The molecule has 1 amide bonds. The second-order valence-corrected chi connectivity index (χ2v) is 5.96. The van der Waals surface area contributed by atoms with E-state index < -0.39 is 0 Å². The zero-order valence-electron chi connectivity index (χ0n) is 12.8. The van der Waals surface area contributed by atoms with Gasteiger partial charge in [-0.15, -0.1) is 0 Å². The molecule has 0 saturated carbocycles. The summed E-state index contributed by atoms with van der Waals surface area (Å²) in [5.74, 6) is 1.39. The van der Waals surface area contributed by atoms with Crippen molar-refractivity contribution in [3.63, 3.8) is 0 Å². The molecule has 1 unspecified atom stereocenters. The van der Waals surface area contributed by atoms with Gasteiger partial charge in [0.05, 0.1) is 5.69 Å². The van der Waals surface area contributed by atoms with Gasteiger partial charge in [-0.05, 0) is 40.2 Å². The number of rotatable bonds is 4. The van der Waals surface area contributed by atoms with Gasteiger partial charge in [-0.25, -0.2) is 0 Å². The first-order chi connectivity index (χ1) is 9.49. The Hall–Kier alpha value is -1.36. The van der Waals surface area contributed by atoms with Crippen molar-refractivity contribution in [1.82, 2.24) is 15.8 Å². The molecule has 5 nitrogen and oxygen atoms in total. The highest BCUT2D eigenvalue weighted by atomic mass is 16.5. The molecule has 0 bridgehead atoms. The van der Waals surface area contributed by atoms with Gasteiger partial charge in [0.1, 0.15) is 5.76 Å². The molecular formula is C15H25N3O2. The predicted molar refractivity (Wildman–Crippen MR) is 77.6 cm³/mol. The number of hydrogen-bond donors (Lipinski definition) is 2. The Balaban J connectivity index is 1.87. The van der Waals surface area contributed by atoms with Crippen LogP contribution in [0.25, 0.3) is 0 Å². The van der Waals surface area contributed by atoms with Gasteiger partial charge in [-0.3, -0.25) is 4.79 Å². The van der Waals surface area contributed by atoms with E-state index in [9.17, 15) is 4.79 Å². The molecule has 1 aromatic heterocycles. The van der Waals surface area contributed by atoms with Gasteiger partial charge in [0.25, 0.3) is 0 Å². The van der Waals surface area contributed by atoms with Crippen molar-refractivity contribution in [2.75, 3.05) is 13.1 Å². The van der Waals surface area contributed by atoms with Gasteiger partial charge in [-0.2, -0.15) is 0 Å². The van der Waals surface area contributed by atoms with Crippen molar-refractivity contribution in [3.05, 3.63) is 17.0 Å². The van der Waals surface area contributed by atoms with Crippen LogP contribution >= 0.6 is 0 Å². The lowest BCUT2D eigenvalue weighted by Crippen LogP contribution is -2.43. The van der Waals surface area contributed by atoms with E-state index in [2.05, 4.69) is 29.6 Å². The van der Waals surface area contributed by atoms with E-state index in [1.54, 1.807) is 0 Å². The molecule has 5 heteroatoms. The topological polar surface area (TPSA) is 67.2 Å².